The molecule has 13 heavy (non-hydrogen) atoms. The topological polar surface area (TPSA) is 28.7 Å². The number of benzene rings is 1. The number of nitrogens with one attached hydrogen (secondary N) is 1. The molecule has 0 bridgehead atoms. The average Bonchev–Trinajstić information content (AvgIpc) is 2.47. The number of halogens is 2. The summed E-state index contributed by atoms with van der Waals surface area (Å²) in [6.45, 7) is 2.10. The molecule has 68 valence electrons. The summed E-state index contributed by atoms with van der Waals surface area (Å²) < 4.78 is 1.04. The Labute approximate surface area is 89.4 Å². The first-order chi connectivity index (χ1) is 6.22. The van der Waals surface area contributed by atoms with E-state index in [1.165, 1.54) is 5.56 Å². The van der Waals surface area contributed by atoms with E-state index >= 15 is 0 Å². The summed E-state index contributed by atoms with van der Waals surface area (Å²) >= 11 is 9.38. The minimum Gasteiger partial charge on any atom is -0.266 e. The molecule has 4 heteroatoms. The summed E-state index contributed by atoms with van der Waals surface area (Å²) in [5.41, 5.74) is 2.17. The fourth-order valence-corrected chi connectivity index (χ4v) is 2.08. The van der Waals surface area contributed by atoms with Crippen molar-refractivity contribution in [2.45, 2.75) is 13.3 Å². The Kier molecular flexibility index (Phi) is 2.30. The zero-order valence-corrected chi connectivity index (χ0v) is 9.41. The quantitative estimate of drug-likeness (QED) is 0.834. The molecule has 1 aromatic heterocycles. The molecule has 2 nitrogen and oxygen atoms in total. The molecular formula is C9H8BrClN2. The summed E-state index contributed by atoms with van der Waals surface area (Å²) in [6.07, 6.45) is 0.955. The van der Waals surface area contributed by atoms with Gasteiger partial charge in [0.25, 0.3) is 0 Å². The Morgan fingerprint density at radius 3 is 3.00 bits per heavy atom. The number of nitrogens with zero attached hydrogens (tertiary/aromatic N) is 1. The molecule has 0 unspecified atom stereocenters. The van der Waals surface area contributed by atoms with Crippen LogP contribution < -0.4 is 0 Å². The molecular weight excluding hydrogens is 251 g/mol. The van der Waals surface area contributed by atoms with Gasteiger partial charge in [0.15, 0.2) is 0 Å². The molecule has 0 aliphatic heterocycles. The normalized spacial score (nSPS) is 11.0. The van der Waals surface area contributed by atoms with Gasteiger partial charge >= 0.3 is 0 Å². The second-order valence-corrected chi connectivity index (χ2v) is 4.15. The molecule has 0 saturated carbocycles. The van der Waals surface area contributed by atoms with E-state index in [2.05, 4.69) is 39.1 Å². The molecule has 2 aromatic rings. The van der Waals surface area contributed by atoms with Crippen LogP contribution in [0.15, 0.2) is 16.6 Å². The van der Waals surface area contributed by atoms with E-state index in [1.54, 1.807) is 0 Å². The fraction of sp³-hybridized carbons (Fsp3) is 0.222. The Bertz CT molecular complexity index is 450. The number of aryl methyl sites for hydroxylation is 1. The van der Waals surface area contributed by atoms with E-state index in [0.29, 0.717) is 5.15 Å². The van der Waals surface area contributed by atoms with Gasteiger partial charge in [-0.2, -0.15) is 5.10 Å². The van der Waals surface area contributed by atoms with Crippen molar-refractivity contribution >= 4 is 38.4 Å². The lowest BCUT2D eigenvalue weighted by atomic mass is 10.1. The second kappa shape index (κ2) is 3.31. The minimum atomic E-state index is 0.603. The lowest BCUT2D eigenvalue weighted by Gasteiger charge is -1.98. The van der Waals surface area contributed by atoms with Crippen LogP contribution >= 0.6 is 27.5 Å². The van der Waals surface area contributed by atoms with Crippen molar-refractivity contribution in [3.63, 3.8) is 0 Å². The number of aromatic amines is 1. The van der Waals surface area contributed by atoms with Gasteiger partial charge < -0.3 is 0 Å². The fourth-order valence-electron chi connectivity index (χ4n) is 1.39. The predicted octanol–water partition coefficient (Wildman–Crippen LogP) is 3.54. The standard InChI is InChI=1S/C9H8BrClN2/c1-2-5-3-6(10)4-7-8(5)12-13-9(7)11/h3-4H,2H2,1H3,(H,12,13). The molecule has 0 saturated heterocycles. The maximum absolute atomic E-state index is 5.93. The molecule has 0 radical (unpaired) electrons. The average molecular weight is 260 g/mol. The van der Waals surface area contributed by atoms with E-state index in [-0.39, 0.29) is 0 Å². The maximum Gasteiger partial charge on any atom is 0.132 e. The number of H-pyrrole nitrogens is 1. The van der Waals surface area contributed by atoms with Gasteiger partial charge in [-0.1, -0.05) is 34.5 Å². The van der Waals surface area contributed by atoms with E-state index < -0.39 is 0 Å². The molecule has 0 aliphatic rings. The van der Waals surface area contributed by atoms with Crippen molar-refractivity contribution in [1.82, 2.24) is 10.2 Å². The van der Waals surface area contributed by atoms with Crippen molar-refractivity contribution in [3.05, 3.63) is 27.3 Å². The van der Waals surface area contributed by atoms with Gasteiger partial charge in [0, 0.05) is 9.86 Å². The highest BCUT2D eigenvalue weighted by molar-refractivity contribution is 9.10. The van der Waals surface area contributed by atoms with E-state index in [4.69, 9.17) is 11.6 Å². The van der Waals surface area contributed by atoms with Crippen LogP contribution in [-0.4, -0.2) is 10.2 Å². The summed E-state index contributed by atoms with van der Waals surface area (Å²) in [4.78, 5) is 0. The summed E-state index contributed by atoms with van der Waals surface area (Å²) in [5.74, 6) is 0. The van der Waals surface area contributed by atoms with Crippen LogP contribution in [0, 0.1) is 0 Å². The first-order valence-electron chi connectivity index (χ1n) is 4.04. The predicted molar refractivity (Wildman–Crippen MR) is 58.2 cm³/mol. The molecule has 1 N–H and O–H groups in total. The van der Waals surface area contributed by atoms with Gasteiger partial charge in [-0.25, -0.2) is 0 Å². The van der Waals surface area contributed by atoms with Crippen LogP contribution in [0.4, 0.5) is 0 Å². The van der Waals surface area contributed by atoms with Crippen LogP contribution in [0.1, 0.15) is 12.5 Å². The largest absolute Gasteiger partial charge is 0.266 e. The smallest absolute Gasteiger partial charge is 0.132 e. The van der Waals surface area contributed by atoms with E-state index in [9.17, 15) is 0 Å². The van der Waals surface area contributed by atoms with Gasteiger partial charge in [-0.3, -0.25) is 5.10 Å². The summed E-state index contributed by atoms with van der Waals surface area (Å²) in [7, 11) is 0. The highest BCUT2D eigenvalue weighted by atomic mass is 79.9. The molecule has 0 amide bonds. The van der Waals surface area contributed by atoms with Crippen LogP contribution in [0.5, 0.6) is 0 Å². The van der Waals surface area contributed by atoms with E-state index in [0.717, 1.165) is 21.8 Å². The molecule has 1 aromatic carbocycles. The SMILES string of the molecule is CCc1cc(Br)cc2c(Cl)[nH]nc12. The molecule has 2 rings (SSSR count). The highest BCUT2D eigenvalue weighted by Gasteiger charge is 2.07. The third kappa shape index (κ3) is 1.46. The number of rotatable bonds is 1. The van der Waals surface area contributed by atoms with Crippen molar-refractivity contribution in [1.29, 1.82) is 0 Å². The van der Waals surface area contributed by atoms with Crippen molar-refractivity contribution in [2.24, 2.45) is 0 Å². The number of hydrogen-bond donors (Lipinski definition) is 1. The van der Waals surface area contributed by atoms with E-state index in [1.807, 2.05) is 6.07 Å². The zero-order valence-electron chi connectivity index (χ0n) is 7.06. The van der Waals surface area contributed by atoms with Gasteiger partial charge in [-0.05, 0) is 24.1 Å². The van der Waals surface area contributed by atoms with Crippen LogP contribution in [0.3, 0.4) is 0 Å². The van der Waals surface area contributed by atoms with Crippen LogP contribution in [-0.2, 0) is 6.42 Å². The van der Waals surface area contributed by atoms with Gasteiger partial charge in [0.1, 0.15) is 5.15 Å². The molecule has 1 heterocycles. The first kappa shape index (κ1) is 9.03. The third-order valence-electron chi connectivity index (χ3n) is 2.04. The second-order valence-electron chi connectivity index (χ2n) is 2.85. The first-order valence-corrected chi connectivity index (χ1v) is 5.21. The Hall–Kier alpha value is -0.540. The van der Waals surface area contributed by atoms with Crippen molar-refractivity contribution in [3.8, 4) is 0 Å². The lowest BCUT2D eigenvalue weighted by Crippen LogP contribution is -1.82. The molecule has 0 spiro atoms. The van der Waals surface area contributed by atoms with Crippen LogP contribution in [0.25, 0.3) is 10.9 Å². The van der Waals surface area contributed by atoms with Crippen LogP contribution in [0.2, 0.25) is 5.15 Å². The highest BCUT2D eigenvalue weighted by Crippen LogP contribution is 2.27. The summed E-state index contributed by atoms with van der Waals surface area (Å²) in [6, 6.07) is 4.04. The van der Waals surface area contributed by atoms with Gasteiger partial charge in [0.05, 0.1) is 5.52 Å². The Morgan fingerprint density at radius 1 is 1.54 bits per heavy atom. The van der Waals surface area contributed by atoms with Gasteiger partial charge in [-0.15, -0.1) is 0 Å². The van der Waals surface area contributed by atoms with Crippen molar-refractivity contribution in [2.75, 3.05) is 0 Å². The van der Waals surface area contributed by atoms with Gasteiger partial charge in [0.2, 0.25) is 0 Å². The Balaban J connectivity index is 2.84. The number of hydrogen-bond acceptors (Lipinski definition) is 1. The zero-order chi connectivity index (χ0) is 9.42. The summed E-state index contributed by atoms with van der Waals surface area (Å²) in [5, 5.41) is 8.51. The number of aromatic nitrogens is 2. The molecule has 0 fully saturated rings. The Morgan fingerprint density at radius 2 is 2.31 bits per heavy atom. The molecule has 0 aliphatic carbocycles. The third-order valence-corrected chi connectivity index (χ3v) is 2.78. The maximum atomic E-state index is 5.93. The molecule has 0 atom stereocenters. The monoisotopic (exact) mass is 258 g/mol. The minimum absolute atomic E-state index is 0.603. The number of fused-ring (bicyclic) bond motifs is 1. The lowest BCUT2D eigenvalue weighted by molar-refractivity contribution is 1.09. The van der Waals surface area contributed by atoms with Crippen molar-refractivity contribution < 1.29 is 0 Å².